The molecular weight excluding hydrogens is 332 g/mol. The molecule has 0 fully saturated rings. The fraction of sp³-hybridized carbons (Fsp3) is 0.250. The quantitative estimate of drug-likeness (QED) is 0.749. The lowest BCUT2D eigenvalue weighted by Gasteiger charge is -2.12. The third-order valence-corrected chi connectivity index (χ3v) is 3.63. The Kier molecular flexibility index (Phi) is 6.91. The molecule has 2 aromatic rings. The SMILES string of the molecule is CCOC(=O)c1cc(C(=O)NCCc2ccccc2)ccc1NC(C)=O. The van der Waals surface area contributed by atoms with E-state index in [9.17, 15) is 14.4 Å². The minimum atomic E-state index is -0.588. The molecule has 0 aliphatic rings. The zero-order chi connectivity index (χ0) is 18.9. The first-order valence-corrected chi connectivity index (χ1v) is 8.42. The molecule has 0 radical (unpaired) electrons. The summed E-state index contributed by atoms with van der Waals surface area (Å²) in [6.45, 7) is 3.71. The normalized spacial score (nSPS) is 10.1. The summed E-state index contributed by atoms with van der Waals surface area (Å²) in [5.74, 6) is -1.19. The molecule has 0 aliphatic heterocycles. The van der Waals surface area contributed by atoms with Crippen molar-refractivity contribution in [3.05, 3.63) is 65.2 Å². The Bertz CT molecular complexity index is 788. The maximum atomic E-state index is 12.4. The van der Waals surface area contributed by atoms with E-state index in [-0.39, 0.29) is 24.0 Å². The lowest BCUT2D eigenvalue weighted by molar-refractivity contribution is -0.114. The first-order chi connectivity index (χ1) is 12.5. The second-order valence-electron chi connectivity index (χ2n) is 5.65. The van der Waals surface area contributed by atoms with Gasteiger partial charge < -0.3 is 15.4 Å². The van der Waals surface area contributed by atoms with E-state index >= 15 is 0 Å². The number of ether oxygens (including phenoxy) is 1. The van der Waals surface area contributed by atoms with Gasteiger partial charge in [0.1, 0.15) is 0 Å². The molecule has 0 saturated heterocycles. The number of carbonyl (C=O) groups is 3. The number of esters is 1. The van der Waals surface area contributed by atoms with E-state index in [1.807, 2.05) is 30.3 Å². The van der Waals surface area contributed by atoms with Crippen LogP contribution >= 0.6 is 0 Å². The van der Waals surface area contributed by atoms with Crippen LogP contribution in [-0.2, 0) is 16.0 Å². The van der Waals surface area contributed by atoms with Gasteiger partial charge >= 0.3 is 5.97 Å². The van der Waals surface area contributed by atoms with Crippen LogP contribution in [-0.4, -0.2) is 30.9 Å². The van der Waals surface area contributed by atoms with Crippen molar-refractivity contribution in [2.45, 2.75) is 20.3 Å². The summed E-state index contributed by atoms with van der Waals surface area (Å²) >= 11 is 0. The molecule has 6 heteroatoms. The summed E-state index contributed by atoms with van der Waals surface area (Å²) in [5.41, 5.74) is 1.92. The lowest BCUT2D eigenvalue weighted by atomic mass is 10.1. The average molecular weight is 354 g/mol. The molecule has 0 saturated carbocycles. The molecule has 0 atom stereocenters. The fourth-order valence-electron chi connectivity index (χ4n) is 2.43. The molecule has 6 nitrogen and oxygen atoms in total. The third-order valence-electron chi connectivity index (χ3n) is 3.63. The zero-order valence-electron chi connectivity index (χ0n) is 14.9. The Morgan fingerprint density at radius 1 is 1.04 bits per heavy atom. The van der Waals surface area contributed by atoms with Crippen LogP contribution in [0.2, 0.25) is 0 Å². The van der Waals surface area contributed by atoms with Gasteiger partial charge in [0.25, 0.3) is 5.91 Å². The van der Waals surface area contributed by atoms with Crippen LogP contribution in [0.4, 0.5) is 5.69 Å². The van der Waals surface area contributed by atoms with Gasteiger partial charge in [0, 0.05) is 19.0 Å². The molecule has 0 spiro atoms. The standard InChI is InChI=1S/C20H22N2O4/c1-3-26-20(25)17-13-16(9-10-18(17)22-14(2)23)19(24)21-12-11-15-7-5-4-6-8-15/h4-10,13H,3,11-12H2,1-2H3,(H,21,24)(H,22,23). The van der Waals surface area contributed by atoms with Crippen molar-refractivity contribution in [1.82, 2.24) is 5.32 Å². The van der Waals surface area contributed by atoms with Crippen molar-refractivity contribution >= 4 is 23.5 Å². The Morgan fingerprint density at radius 2 is 1.77 bits per heavy atom. The highest BCUT2D eigenvalue weighted by atomic mass is 16.5. The fourth-order valence-corrected chi connectivity index (χ4v) is 2.43. The molecule has 2 aromatic carbocycles. The van der Waals surface area contributed by atoms with Gasteiger partial charge in [-0.25, -0.2) is 4.79 Å². The van der Waals surface area contributed by atoms with Gasteiger partial charge in [-0.3, -0.25) is 9.59 Å². The number of anilines is 1. The van der Waals surface area contributed by atoms with Crippen LogP contribution in [0.25, 0.3) is 0 Å². The van der Waals surface area contributed by atoms with Crippen LogP contribution in [0.3, 0.4) is 0 Å². The summed E-state index contributed by atoms with van der Waals surface area (Å²) in [7, 11) is 0. The molecule has 0 unspecified atom stereocenters. The summed E-state index contributed by atoms with van der Waals surface area (Å²) in [6, 6.07) is 14.3. The van der Waals surface area contributed by atoms with Crippen molar-refractivity contribution in [1.29, 1.82) is 0 Å². The van der Waals surface area contributed by atoms with E-state index in [1.165, 1.54) is 19.1 Å². The zero-order valence-corrected chi connectivity index (χ0v) is 14.9. The number of amides is 2. The van der Waals surface area contributed by atoms with Crippen LogP contribution in [0.1, 0.15) is 40.1 Å². The maximum Gasteiger partial charge on any atom is 0.340 e. The second kappa shape index (κ2) is 9.36. The Labute approximate surface area is 152 Å². The third kappa shape index (κ3) is 5.44. The Morgan fingerprint density at radius 3 is 2.42 bits per heavy atom. The van der Waals surface area contributed by atoms with Gasteiger partial charge in [0.05, 0.1) is 17.9 Å². The van der Waals surface area contributed by atoms with Crippen molar-refractivity contribution in [3.63, 3.8) is 0 Å². The smallest absolute Gasteiger partial charge is 0.340 e. The van der Waals surface area contributed by atoms with Crippen LogP contribution < -0.4 is 10.6 Å². The van der Waals surface area contributed by atoms with Gasteiger partial charge in [-0.05, 0) is 37.1 Å². The first-order valence-electron chi connectivity index (χ1n) is 8.42. The summed E-state index contributed by atoms with van der Waals surface area (Å²) < 4.78 is 5.00. The molecule has 26 heavy (non-hydrogen) atoms. The summed E-state index contributed by atoms with van der Waals surface area (Å²) in [6.07, 6.45) is 0.710. The van der Waals surface area contributed by atoms with Gasteiger partial charge in [-0.2, -0.15) is 0 Å². The lowest BCUT2D eigenvalue weighted by Crippen LogP contribution is -2.26. The summed E-state index contributed by atoms with van der Waals surface area (Å²) in [5, 5.41) is 5.40. The van der Waals surface area contributed by atoms with Gasteiger partial charge in [0.15, 0.2) is 0 Å². The molecule has 0 aliphatic carbocycles. The Hall–Kier alpha value is -3.15. The van der Waals surface area contributed by atoms with E-state index in [1.54, 1.807) is 13.0 Å². The van der Waals surface area contributed by atoms with Crippen molar-refractivity contribution in [3.8, 4) is 0 Å². The van der Waals surface area contributed by atoms with Gasteiger partial charge in [-0.15, -0.1) is 0 Å². The van der Waals surface area contributed by atoms with E-state index in [4.69, 9.17) is 4.74 Å². The van der Waals surface area contributed by atoms with Gasteiger partial charge in [0.2, 0.25) is 5.91 Å². The highest BCUT2D eigenvalue weighted by molar-refractivity contribution is 6.04. The largest absolute Gasteiger partial charge is 0.462 e. The molecule has 0 bridgehead atoms. The molecular formula is C20H22N2O4. The molecule has 0 heterocycles. The molecule has 136 valence electrons. The van der Waals surface area contributed by atoms with E-state index in [0.29, 0.717) is 24.2 Å². The van der Waals surface area contributed by atoms with E-state index in [0.717, 1.165) is 5.56 Å². The van der Waals surface area contributed by atoms with Gasteiger partial charge in [-0.1, -0.05) is 30.3 Å². The number of nitrogens with one attached hydrogen (secondary N) is 2. The van der Waals surface area contributed by atoms with Crippen molar-refractivity contribution in [2.24, 2.45) is 0 Å². The number of hydrogen-bond acceptors (Lipinski definition) is 4. The number of carbonyl (C=O) groups excluding carboxylic acids is 3. The molecule has 0 aromatic heterocycles. The van der Waals surface area contributed by atoms with Crippen LogP contribution in [0, 0.1) is 0 Å². The predicted molar refractivity (Wildman–Crippen MR) is 99.2 cm³/mol. The highest BCUT2D eigenvalue weighted by Crippen LogP contribution is 2.19. The van der Waals surface area contributed by atoms with Crippen molar-refractivity contribution in [2.75, 3.05) is 18.5 Å². The van der Waals surface area contributed by atoms with Crippen LogP contribution in [0.5, 0.6) is 0 Å². The average Bonchev–Trinajstić information content (AvgIpc) is 2.62. The minimum Gasteiger partial charge on any atom is -0.462 e. The van der Waals surface area contributed by atoms with Crippen LogP contribution in [0.15, 0.2) is 48.5 Å². The molecule has 2 N–H and O–H groups in total. The first kappa shape index (κ1) is 19.2. The number of benzene rings is 2. The number of rotatable bonds is 7. The van der Waals surface area contributed by atoms with Crippen molar-refractivity contribution < 1.29 is 19.1 Å². The summed E-state index contributed by atoms with van der Waals surface area (Å²) in [4.78, 5) is 35.8. The highest BCUT2D eigenvalue weighted by Gasteiger charge is 2.17. The minimum absolute atomic E-state index is 0.151. The maximum absolute atomic E-state index is 12.4. The van der Waals surface area contributed by atoms with E-state index in [2.05, 4.69) is 10.6 Å². The van der Waals surface area contributed by atoms with E-state index < -0.39 is 5.97 Å². The topological polar surface area (TPSA) is 84.5 Å². The Balaban J connectivity index is 2.09. The predicted octanol–water partition coefficient (Wildman–Crippen LogP) is 2.79. The second-order valence-corrected chi connectivity index (χ2v) is 5.65. The molecule has 2 amide bonds. The molecule has 2 rings (SSSR count). The number of hydrogen-bond donors (Lipinski definition) is 2. The monoisotopic (exact) mass is 354 g/mol.